The molecule has 33 heavy (non-hydrogen) atoms. The van der Waals surface area contributed by atoms with E-state index in [1.807, 2.05) is 19.2 Å². The Balaban J connectivity index is 0.00000306. The van der Waals surface area contributed by atoms with E-state index < -0.39 is 0 Å². The van der Waals surface area contributed by atoms with Crippen LogP contribution in [-0.4, -0.2) is 85.8 Å². The van der Waals surface area contributed by atoms with Crippen LogP contribution < -0.4 is 10.1 Å². The summed E-state index contributed by atoms with van der Waals surface area (Å²) >= 11 is 0. The molecule has 0 amide bonds. The Morgan fingerprint density at radius 3 is 2.52 bits per heavy atom. The summed E-state index contributed by atoms with van der Waals surface area (Å²) in [6, 6.07) is 10.6. The predicted molar refractivity (Wildman–Crippen MR) is 141 cm³/mol. The number of hydrogen-bond acceptors (Lipinski definition) is 6. The second-order valence-electron chi connectivity index (χ2n) is 8.54. The number of ether oxygens (including phenoxy) is 1. The number of piperazine rings is 1. The Bertz CT molecular complexity index is 848. The van der Waals surface area contributed by atoms with Crippen molar-refractivity contribution in [2.45, 2.75) is 31.8 Å². The van der Waals surface area contributed by atoms with Gasteiger partial charge >= 0.3 is 0 Å². The normalized spacial score (nSPS) is 19.1. The molecule has 2 aliphatic heterocycles. The highest BCUT2D eigenvalue weighted by molar-refractivity contribution is 14.0. The molecule has 1 atom stereocenters. The van der Waals surface area contributed by atoms with E-state index in [4.69, 9.17) is 9.26 Å². The Hall–Kier alpha value is -1.85. The van der Waals surface area contributed by atoms with Crippen LogP contribution in [0.5, 0.6) is 5.75 Å². The lowest BCUT2D eigenvalue weighted by Gasteiger charge is -2.38. The molecule has 9 heteroatoms. The van der Waals surface area contributed by atoms with Crippen LogP contribution in [0, 0.1) is 0 Å². The average Bonchev–Trinajstić information content (AvgIpc) is 3.36. The van der Waals surface area contributed by atoms with Crippen LogP contribution in [0.25, 0.3) is 0 Å². The zero-order valence-corrected chi connectivity index (χ0v) is 22.1. The number of aliphatic imine (C=N–C) groups is 1. The van der Waals surface area contributed by atoms with E-state index in [0.29, 0.717) is 0 Å². The van der Waals surface area contributed by atoms with Crippen LogP contribution in [-0.2, 0) is 6.54 Å². The summed E-state index contributed by atoms with van der Waals surface area (Å²) in [4.78, 5) is 12.0. The minimum absolute atomic E-state index is 0. The third-order valence-electron chi connectivity index (χ3n) is 6.54. The molecule has 0 radical (unpaired) electrons. The van der Waals surface area contributed by atoms with Gasteiger partial charge in [-0.2, -0.15) is 0 Å². The third-order valence-corrected chi connectivity index (χ3v) is 6.54. The summed E-state index contributed by atoms with van der Waals surface area (Å²) in [6.45, 7) is 7.76. The van der Waals surface area contributed by atoms with Gasteiger partial charge in [0.05, 0.1) is 18.8 Å². The molecule has 8 nitrogen and oxygen atoms in total. The monoisotopic (exact) mass is 568 g/mol. The summed E-state index contributed by atoms with van der Waals surface area (Å²) in [5.74, 6) is 1.93. The van der Waals surface area contributed by atoms with Gasteiger partial charge < -0.3 is 19.5 Å². The van der Waals surface area contributed by atoms with E-state index in [2.05, 4.69) is 48.4 Å². The SMILES string of the molecule is CN=C(NCC(c1ccccc1OC)N1CCCCC1)N1CCN(Cc2ccon2)CC1.I. The number of guanidine groups is 1. The summed E-state index contributed by atoms with van der Waals surface area (Å²) in [7, 11) is 3.64. The number of rotatable bonds is 7. The molecule has 2 saturated heterocycles. The molecule has 0 spiro atoms. The fourth-order valence-electron chi connectivity index (χ4n) is 4.79. The molecule has 0 saturated carbocycles. The van der Waals surface area contributed by atoms with E-state index >= 15 is 0 Å². The lowest BCUT2D eigenvalue weighted by molar-refractivity contribution is 0.155. The van der Waals surface area contributed by atoms with Crippen molar-refractivity contribution in [2.75, 3.05) is 60.0 Å². The largest absolute Gasteiger partial charge is 0.496 e. The van der Waals surface area contributed by atoms with E-state index in [-0.39, 0.29) is 30.0 Å². The van der Waals surface area contributed by atoms with E-state index in [0.717, 1.165) is 69.8 Å². The highest BCUT2D eigenvalue weighted by Crippen LogP contribution is 2.31. The van der Waals surface area contributed by atoms with Gasteiger partial charge in [0.15, 0.2) is 5.96 Å². The fraction of sp³-hybridized carbons (Fsp3) is 0.583. The minimum atomic E-state index is 0. The standard InChI is InChI=1S/C24H36N6O2.HI/c1-25-24(30-15-13-28(14-16-30)19-20-10-17-32-27-20)26-18-22(29-11-6-3-7-12-29)21-8-4-5-9-23(21)31-2;/h4-5,8-10,17,22H,3,6-7,11-16,18-19H2,1-2H3,(H,25,26);1H. The van der Waals surface area contributed by atoms with Crippen LogP contribution >= 0.6 is 24.0 Å². The highest BCUT2D eigenvalue weighted by Gasteiger charge is 2.26. The van der Waals surface area contributed by atoms with Crippen molar-refractivity contribution in [1.29, 1.82) is 0 Å². The van der Waals surface area contributed by atoms with Crippen molar-refractivity contribution < 1.29 is 9.26 Å². The molecule has 182 valence electrons. The number of benzene rings is 1. The van der Waals surface area contributed by atoms with Crippen LogP contribution in [0.15, 0.2) is 46.1 Å². The molecule has 1 aromatic heterocycles. The Morgan fingerprint density at radius 2 is 1.85 bits per heavy atom. The predicted octanol–water partition coefficient (Wildman–Crippen LogP) is 3.22. The zero-order valence-electron chi connectivity index (χ0n) is 19.8. The topological polar surface area (TPSA) is 69.4 Å². The van der Waals surface area contributed by atoms with Gasteiger partial charge in [0.1, 0.15) is 12.0 Å². The first-order valence-electron chi connectivity index (χ1n) is 11.7. The van der Waals surface area contributed by atoms with Crippen molar-refractivity contribution in [3.63, 3.8) is 0 Å². The molecule has 1 aromatic carbocycles. The molecule has 1 unspecified atom stereocenters. The molecule has 1 N–H and O–H groups in total. The minimum Gasteiger partial charge on any atom is -0.496 e. The van der Waals surface area contributed by atoms with Crippen molar-refractivity contribution in [1.82, 2.24) is 25.2 Å². The van der Waals surface area contributed by atoms with Gasteiger partial charge in [-0.15, -0.1) is 24.0 Å². The Kier molecular flexibility index (Phi) is 10.3. The van der Waals surface area contributed by atoms with Crippen LogP contribution in [0.3, 0.4) is 0 Å². The van der Waals surface area contributed by atoms with Crippen LogP contribution in [0.4, 0.5) is 0 Å². The summed E-state index contributed by atoms with van der Waals surface area (Å²) < 4.78 is 10.7. The molecule has 0 aliphatic carbocycles. The molecule has 2 aromatic rings. The Labute approximate surface area is 214 Å². The maximum absolute atomic E-state index is 5.71. The number of aromatic nitrogens is 1. The number of hydrogen-bond donors (Lipinski definition) is 1. The van der Waals surface area contributed by atoms with Gasteiger partial charge in [0.2, 0.25) is 0 Å². The van der Waals surface area contributed by atoms with E-state index in [1.54, 1.807) is 13.4 Å². The van der Waals surface area contributed by atoms with Gasteiger partial charge in [-0.3, -0.25) is 14.8 Å². The zero-order chi connectivity index (χ0) is 22.2. The second kappa shape index (κ2) is 13.1. The van der Waals surface area contributed by atoms with Crippen molar-refractivity contribution in [3.05, 3.63) is 47.9 Å². The number of nitrogens with zero attached hydrogens (tertiary/aromatic N) is 5. The maximum atomic E-state index is 5.71. The first kappa shape index (κ1) is 25.8. The number of halogens is 1. The Morgan fingerprint density at radius 1 is 1.09 bits per heavy atom. The summed E-state index contributed by atoms with van der Waals surface area (Å²) in [5, 5.41) is 7.72. The van der Waals surface area contributed by atoms with Crippen molar-refractivity contribution in [3.8, 4) is 5.75 Å². The molecule has 2 fully saturated rings. The fourth-order valence-corrected chi connectivity index (χ4v) is 4.79. The van der Waals surface area contributed by atoms with Crippen molar-refractivity contribution in [2.24, 2.45) is 4.99 Å². The number of para-hydroxylation sites is 1. The second-order valence-corrected chi connectivity index (χ2v) is 8.54. The highest BCUT2D eigenvalue weighted by atomic mass is 127. The van der Waals surface area contributed by atoms with Gasteiger partial charge in [-0.25, -0.2) is 0 Å². The van der Waals surface area contributed by atoms with Gasteiger partial charge in [0.25, 0.3) is 0 Å². The van der Waals surface area contributed by atoms with Gasteiger partial charge in [-0.1, -0.05) is 29.8 Å². The molecular formula is C24H37IN6O2. The van der Waals surface area contributed by atoms with Gasteiger partial charge in [0, 0.05) is 57.9 Å². The van der Waals surface area contributed by atoms with Crippen LogP contribution in [0.2, 0.25) is 0 Å². The lowest BCUT2D eigenvalue weighted by atomic mass is 10.0. The number of likely N-dealkylation sites (tertiary alicyclic amines) is 1. The lowest BCUT2D eigenvalue weighted by Crippen LogP contribution is -2.53. The number of methoxy groups -OCH3 is 1. The number of nitrogens with one attached hydrogen (secondary N) is 1. The van der Waals surface area contributed by atoms with Crippen LogP contribution in [0.1, 0.15) is 36.6 Å². The molecule has 0 bridgehead atoms. The molecule has 4 rings (SSSR count). The van der Waals surface area contributed by atoms with E-state index in [1.165, 1.54) is 24.8 Å². The van der Waals surface area contributed by atoms with E-state index in [9.17, 15) is 0 Å². The first-order valence-corrected chi connectivity index (χ1v) is 11.7. The quantitative estimate of drug-likeness (QED) is 0.313. The molecule has 2 aliphatic rings. The maximum Gasteiger partial charge on any atom is 0.193 e. The number of piperidine rings is 1. The van der Waals surface area contributed by atoms with Crippen molar-refractivity contribution >= 4 is 29.9 Å². The third kappa shape index (κ3) is 6.83. The summed E-state index contributed by atoms with van der Waals surface area (Å²) in [6.07, 6.45) is 5.47. The van der Waals surface area contributed by atoms with Gasteiger partial charge in [-0.05, 0) is 32.0 Å². The average molecular weight is 569 g/mol. The molecular weight excluding hydrogens is 531 g/mol. The molecule has 3 heterocycles. The smallest absolute Gasteiger partial charge is 0.193 e. The summed E-state index contributed by atoms with van der Waals surface area (Å²) in [5.41, 5.74) is 2.24. The first-order chi connectivity index (χ1) is 15.8.